The normalized spacial score (nSPS) is 18.9. The lowest BCUT2D eigenvalue weighted by molar-refractivity contribution is 0.190. The van der Waals surface area contributed by atoms with Crippen molar-refractivity contribution in [1.29, 1.82) is 0 Å². The third-order valence-corrected chi connectivity index (χ3v) is 4.45. The van der Waals surface area contributed by atoms with Gasteiger partial charge in [-0.05, 0) is 19.2 Å². The molecule has 3 rings (SSSR count). The smallest absolute Gasteiger partial charge is 0.236 e. The van der Waals surface area contributed by atoms with Gasteiger partial charge in [-0.3, -0.25) is 9.88 Å². The van der Waals surface area contributed by atoms with E-state index < -0.39 is 0 Å². The van der Waals surface area contributed by atoms with Gasteiger partial charge >= 0.3 is 0 Å². The van der Waals surface area contributed by atoms with E-state index in [9.17, 15) is 0 Å². The molecule has 1 atom stereocenters. The van der Waals surface area contributed by atoms with Crippen LogP contribution in [0.1, 0.15) is 23.5 Å². The summed E-state index contributed by atoms with van der Waals surface area (Å²) >= 11 is 1.73. The Morgan fingerprint density at radius 3 is 3.09 bits per heavy atom. The Morgan fingerprint density at radius 2 is 2.32 bits per heavy atom. The lowest BCUT2D eigenvalue weighted by atomic mass is 10.2. The predicted molar refractivity (Wildman–Crippen MR) is 89.0 cm³/mol. The molecular weight excluding hydrogens is 322 g/mol. The van der Waals surface area contributed by atoms with E-state index in [1.165, 1.54) is 0 Å². The van der Waals surface area contributed by atoms with Crippen LogP contribution in [-0.2, 0) is 11.5 Å². The van der Waals surface area contributed by atoms with Crippen molar-refractivity contribution in [3.8, 4) is 0 Å². The van der Waals surface area contributed by atoms with Crippen molar-refractivity contribution in [3.63, 3.8) is 0 Å². The van der Waals surface area contributed by atoms with E-state index >= 15 is 0 Å². The van der Waals surface area contributed by atoms with E-state index in [0.717, 1.165) is 36.9 Å². The largest absolute Gasteiger partial charge is 0.338 e. The van der Waals surface area contributed by atoms with Crippen molar-refractivity contribution in [3.05, 3.63) is 41.8 Å². The average Bonchev–Trinajstić information content (AvgIpc) is 2.97. The van der Waals surface area contributed by atoms with Gasteiger partial charge in [0.1, 0.15) is 0 Å². The van der Waals surface area contributed by atoms with Gasteiger partial charge < -0.3 is 9.84 Å². The number of piperazine rings is 1. The topological polar surface area (TPSA) is 67.1 Å². The number of hydrogen-bond donors (Lipinski definition) is 1. The number of nitrogens with one attached hydrogen (secondary N) is 1. The van der Waals surface area contributed by atoms with Crippen molar-refractivity contribution in [2.24, 2.45) is 0 Å². The molecule has 1 N–H and O–H groups in total. The van der Waals surface area contributed by atoms with Crippen LogP contribution in [0.25, 0.3) is 0 Å². The lowest BCUT2D eigenvalue weighted by Gasteiger charge is -2.30. The molecule has 0 bridgehead atoms. The lowest BCUT2D eigenvalue weighted by Crippen LogP contribution is -2.44. The van der Waals surface area contributed by atoms with Crippen LogP contribution >= 0.6 is 24.2 Å². The number of rotatable bonds is 5. The predicted octanol–water partition coefficient (Wildman–Crippen LogP) is 1.90. The van der Waals surface area contributed by atoms with Crippen molar-refractivity contribution in [2.75, 3.05) is 26.7 Å². The van der Waals surface area contributed by atoms with Crippen LogP contribution < -0.4 is 5.32 Å². The van der Waals surface area contributed by atoms with E-state index in [4.69, 9.17) is 4.52 Å². The van der Waals surface area contributed by atoms with Gasteiger partial charge in [-0.25, -0.2) is 0 Å². The highest BCUT2D eigenvalue weighted by molar-refractivity contribution is 7.97. The second-order valence-electron chi connectivity index (χ2n) is 5.06. The summed E-state index contributed by atoms with van der Waals surface area (Å²) in [4.78, 5) is 11.1. The van der Waals surface area contributed by atoms with Crippen LogP contribution in [0.15, 0.2) is 28.9 Å². The molecule has 3 heterocycles. The highest BCUT2D eigenvalue weighted by Gasteiger charge is 2.25. The first kappa shape index (κ1) is 17.2. The van der Waals surface area contributed by atoms with Gasteiger partial charge in [-0.15, -0.1) is 24.2 Å². The molecule has 1 unspecified atom stereocenters. The molecule has 0 spiro atoms. The summed E-state index contributed by atoms with van der Waals surface area (Å²) in [5.74, 6) is 3.03. The van der Waals surface area contributed by atoms with E-state index in [2.05, 4.69) is 32.4 Å². The van der Waals surface area contributed by atoms with Crippen molar-refractivity contribution >= 4 is 24.2 Å². The Kier molecular flexibility index (Phi) is 6.63. The number of nitrogens with zero attached hydrogens (tertiary/aromatic N) is 4. The highest BCUT2D eigenvalue weighted by Crippen LogP contribution is 2.20. The summed E-state index contributed by atoms with van der Waals surface area (Å²) in [6.45, 7) is 2.89. The van der Waals surface area contributed by atoms with Gasteiger partial charge in [-0.2, -0.15) is 4.98 Å². The molecule has 0 aliphatic carbocycles. The number of thioether (sulfide) groups is 1. The second-order valence-corrected chi connectivity index (χ2v) is 6.05. The van der Waals surface area contributed by atoms with E-state index in [1.807, 2.05) is 24.4 Å². The molecular formula is C14H20ClN5OS. The average molecular weight is 342 g/mol. The molecule has 2 aromatic rings. The van der Waals surface area contributed by atoms with Crippen LogP contribution in [0.3, 0.4) is 0 Å². The van der Waals surface area contributed by atoms with Crippen LogP contribution in [0.2, 0.25) is 0 Å². The zero-order valence-corrected chi connectivity index (χ0v) is 14.1. The monoisotopic (exact) mass is 341 g/mol. The Balaban J connectivity index is 0.00000176. The SMILES string of the molecule is CN1CCNCC1c1noc(CSCc2ccccn2)n1.Cl. The number of halogens is 1. The maximum absolute atomic E-state index is 5.35. The molecule has 6 nitrogen and oxygen atoms in total. The molecule has 1 saturated heterocycles. The summed E-state index contributed by atoms with van der Waals surface area (Å²) in [7, 11) is 2.09. The first-order valence-corrected chi connectivity index (χ1v) is 8.19. The number of aromatic nitrogens is 3. The zero-order valence-electron chi connectivity index (χ0n) is 12.4. The Morgan fingerprint density at radius 1 is 1.41 bits per heavy atom. The molecule has 0 radical (unpaired) electrons. The van der Waals surface area contributed by atoms with Crippen molar-refractivity contribution in [2.45, 2.75) is 17.5 Å². The molecule has 0 amide bonds. The van der Waals surface area contributed by atoms with E-state index in [-0.39, 0.29) is 18.4 Å². The molecule has 1 aliphatic rings. The molecule has 1 fully saturated rings. The first-order chi connectivity index (χ1) is 10.3. The fraction of sp³-hybridized carbons (Fsp3) is 0.500. The maximum atomic E-state index is 5.35. The minimum absolute atomic E-state index is 0. The Bertz CT molecular complexity index is 567. The summed E-state index contributed by atoms with van der Waals surface area (Å²) in [6, 6.07) is 6.15. The molecule has 8 heteroatoms. The van der Waals surface area contributed by atoms with Gasteiger partial charge in [0.05, 0.1) is 17.5 Å². The van der Waals surface area contributed by atoms with Crippen molar-refractivity contribution in [1.82, 2.24) is 25.3 Å². The molecule has 22 heavy (non-hydrogen) atoms. The quantitative estimate of drug-likeness (QED) is 0.890. The second kappa shape index (κ2) is 8.47. The van der Waals surface area contributed by atoms with Gasteiger partial charge in [0, 0.05) is 31.6 Å². The number of pyridine rings is 1. The zero-order chi connectivity index (χ0) is 14.5. The van der Waals surface area contributed by atoms with Crippen molar-refractivity contribution < 1.29 is 4.52 Å². The van der Waals surface area contributed by atoms with Gasteiger partial charge in [0.2, 0.25) is 5.89 Å². The highest BCUT2D eigenvalue weighted by atomic mass is 35.5. The van der Waals surface area contributed by atoms with Crippen LogP contribution in [0, 0.1) is 0 Å². The summed E-state index contributed by atoms with van der Waals surface area (Å²) in [5, 5.41) is 7.48. The summed E-state index contributed by atoms with van der Waals surface area (Å²) in [5.41, 5.74) is 1.07. The third-order valence-electron chi connectivity index (χ3n) is 3.49. The van der Waals surface area contributed by atoms with Gasteiger partial charge in [0.25, 0.3) is 0 Å². The third kappa shape index (κ3) is 4.42. The van der Waals surface area contributed by atoms with Gasteiger partial charge in [0.15, 0.2) is 5.82 Å². The van der Waals surface area contributed by atoms with Crippen LogP contribution in [0.5, 0.6) is 0 Å². The van der Waals surface area contributed by atoms with E-state index in [1.54, 1.807) is 11.8 Å². The Hall–Kier alpha value is -1.15. The minimum atomic E-state index is 0. The van der Waals surface area contributed by atoms with Crippen LogP contribution in [0.4, 0.5) is 0 Å². The molecule has 120 valence electrons. The maximum Gasteiger partial charge on any atom is 0.236 e. The first-order valence-electron chi connectivity index (χ1n) is 7.04. The fourth-order valence-electron chi connectivity index (χ4n) is 2.28. The fourth-order valence-corrected chi connectivity index (χ4v) is 3.06. The molecule has 1 aliphatic heterocycles. The van der Waals surface area contributed by atoms with E-state index in [0.29, 0.717) is 11.6 Å². The standard InChI is InChI=1S/C14H19N5OS.ClH/c1-19-7-6-15-8-12(19)14-17-13(20-18-14)10-21-9-11-4-2-3-5-16-11;/h2-5,12,15H,6-10H2,1H3;1H. The summed E-state index contributed by atoms with van der Waals surface area (Å²) in [6.07, 6.45) is 1.81. The Labute approximate surface area is 140 Å². The van der Waals surface area contributed by atoms with Crippen LogP contribution in [-0.4, -0.2) is 46.7 Å². The summed E-state index contributed by atoms with van der Waals surface area (Å²) < 4.78 is 5.35. The number of likely N-dealkylation sites (N-methyl/N-ethyl adjacent to an activating group) is 1. The van der Waals surface area contributed by atoms with Gasteiger partial charge in [-0.1, -0.05) is 11.2 Å². The molecule has 0 saturated carbocycles. The number of hydrogen-bond acceptors (Lipinski definition) is 7. The molecule has 0 aromatic carbocycles. The minimum Gasteiger partial charge on any atom is -0.338 e. The molecule has 2 aromatic heterocycles.